The molecule has 4 rings (SSSR count). The largest absolute Gasteiger partial charge is 0.454 e. The number of hydrogen-bond acceptors (Lipinski definition) is 4. The predicted molar refractivity (Wildman–Crippen MR) is 105 cm³/mol. The molecule has 0 aliphatic heterocycles. The lowest BCUT2D eigenvalue weighted by Crippen LogP contribution is -2.09. The third-order valence-corrected chi connectivity index (χ3v) is 4.35. The van der Waals surface area contributed by atoms with E-state index >= 15 is 0 Å². The molecule has 2 fully saturated rings. The van der Waals surface area contributed by atoms with Crippen LogP contribution in [0.25, 0.3) is 0 Å². The summed E-state index contributed by atoms with van der Waals surface area (Å²) in [6.07, 6.45) is 4.70. The van der Waals surface area contributed by atoms with Gasteiger partial charge in [-0.3, -0.25) is 0 Å². The standard InChI is InChI=1S/C9H11N.C6H6BrN.C3H7BO2/c10-9-3-1-2-8(6-9)7-4-5-7;7-5-2-1-3-6(8)4-5;5-4(6)3-1-2-3/h1-3,6-7H,4-5,10H2;1-4H,8H2;3,5-6H,1-2H2. The normalized spacial score (nSPS) is 15.5. The Bertz CT molecular complexity index is 629. The molecule has 0 saturated heterocycles. The number of rotatable bonds is 2. The lowest BCUT2D eigenvalue weighted by atomic mass is 9.84. The van der Waals surface area contributed by atoms with Gasteiger partial charge in [-0.2, -0.15) is 0 Å². The third-order valence-electron chi connectivity index (χ3n) is 3.85. The van der Waals surface area contributed by atoms with Crippen LogP contribution in [0.4, 0.5) is 11.4 Å². The van der Waals surface area contributed by atoms with Crippen molar-refractivity contribution in [3.8, 4) is 0 Å². The van der Waals surface area contributed by atoms with Gasteiger partial charge in [0, 0.05) is 15.8 Å². The van der Waals surface area contributed by atoms with E-state index in [-0.39, 0.29) is 5.82 Å². The van der Waals surface area contributed by atoms with E-state index in [1.165, 1.54) is 18.4 Å². The van der Waals surface area contributed by atoms with E-state index in [2.05, 4.69) is 28.1 Å². The number of nitrogens with two attached hydrogens (primary N) is 2. The second-order valence-corrected chi connectivity index (χ2v) is 7.17. The summed E-state index contributed by atoms with van der Waals surface area (Å²) in [5.74, 6) is 1.04. The lowest BCUT2D eigenvalue weighted by molar-refractivity contribution is 0.403. The number of anilines is 2. The fraction of sp³-hybridized carbons (Fsp3) is 0.333. The molecule has 2 aliphatic rings. The number of nitrogen functional groups attached to an aromatic ring is 2. The van der Waals surface area contributed by atoms with Gasteiger partial charge in [-0.15, -0.1) is 0 Å². The topological polar surface area (TPSA) is 92.5 Å². The zero-order valence-electron chi connectivity index (χ0n) is 13.6. The van der Waals surface area contributed by atoms with Crippen LogP contribution in [0.3, 0.4) is 0 Å². The summed E-state index contributed by atoms with van der Waals surface area (Å²) in [5, 5.41) is 16.5. The second kappa shape index (κ2) is 9.11. The van der Waals surface area contributed by atoms with Gasteiger partial charge in [-0.05, 0) is 60.5 Å². The fourth-order valence-corrected chi connectivity index (χ4v) is 2.55. The van der Waals surface area contributed by atoms with Gasteiger partial charge in [0.1, 0.15) is 0 Å². The van der Waals surface area contributed by atoms with E-state index < -0.39 is 7.12 Å². The van der Waals surface area contributed by atoms with Crippen molar-refractivity contribution in [1.29, 1.82) is 0 Å². The van der Waals surface area contributed by atoms with E-state index in [0.717, 1.165) is 34.6 Å². The molecule has 0 amide bonds. The van der Waals surface area contributed by atoms with Crippen molar-refractivity contribution in [2.75, 3.05) is 11.5 Å². The molecule has 6 N–H and O–H groups in total. The van der Waals surface area contributed by atoms with Crippen LogP contribution in [0.2, 0.25) is 5.82 Å². The van der Waals surface area contributed by atoms with Gasteiger partial charge in [-0.1, -0.05) is 47.0 Å². The molecule has 0 unspecified atom stereocenters. The molecule has 0 heterocycles. The van der Waals surface area contributed by atoms with Gasteiger partial charge in [0.15, 0.2) is 0 Å². The molecule has 0 radical (unpaired) electrons. The van der Waals surface area contributed by atoms with Gasteiger partial charge in [0.25, 0.3) is 0 Å². The lowest BCUT2D eigenvalue weighted by Gasteiger charge is -1.97. The van der Waals surface area contributed by atoms with E-state index in [4.69, 9.17) is 21.5 Å². The Morgan fingerprint density at radius 3 is 1.79 bits per heavy atom. The van der Waals surface area contributed by atoms with E-state index in [0.29, 0.717) is 0 Å². The average molecular weight is 391 g/mol. The van der Waals surface area contributed by atoms with E-state index in [9.17, 15) is 0 Å². The van der Waals surface area contributed by atoms with Crippen molar-refractivity contribution >= 4 is 34.4 Å². The first-order chi connectivity index (χ1) is 11.5. The maximum Gasteiger partial charge on any atom is 0.454 e. The Kier molecular flexibility index (Phi) is 7.15. The van der Waals surface area contributed by atoms with Gasteiger partial charge in [-0.25, -0.2) is 0 Å². The Labute approximate surface area is 152 Å². The Morgan fingerprint density at radius 2 is 1.46 bits per heavy atom. The molecule has 0 aromatic heterocycles. The van der Waals surface area contributed by atoms with Gasteiger partial charge in [0.05, 0.1) is 0 Å². The van der Waals surface area contributed by atoms with Gasteiger partial charge >= 0.3 is 7.12 Å². The average Bonchev–Trinajstić information content (AvgIpc) is 3.41. The molecule has 24 heavy (non-hydrogen) atoms. The van der Waals surface area contributed by atoms with Gasteiger partial charge in [0.2, 0.25) is 0 Å². The highest BCUT2D eigenvalue weighted by molar-refractivity contribution is 9.10. The molecular formula is C18H24BBrN2O2. The van der Waals surface area contributed by atoms with Crippen molar-refractivity contribution in [3.63, 3.8) is 0 Å². The highest BCUT2D eigenvalue weighted by atomic mass is 79.9. The van der Waals surface area contributed by atoms with Crippen LogP contribution in [-0.4, -0.2) is 17.2 Å². The van der Waals surface area contributed by atoms with Crippen LogP contribution in [0.15, 0.2) is 53.0 Å². The smallest absolute Gasteiger partial charge is 0.427 e. The highest BCUT2D eigenvalue weighted by Crippen LogP contribution is 2.40. The van der Waals surface area contributed by atoms with Crippen molar-refractivity contribution in [3.05, 3.63) is 58.6 Å². The minimum Gasteiger partial charge on any atom is -0.427 e. The van der Waals surface area contributed by atoms with Gasteiger partial charge < -0.3 is 21.5 Å². The molecule has 4 nitrogen and oxygen atoms in total. The summed E-state index contributed by atoms with van der Waals surface area (Å²) in [5.41, 5.74) is 14.2. The molecule has 2 aliphatic carbocycles. The number of benzene rings is 2. The first kappa shape index (κ1) is 18.8. The van der Waals surface area contributed by atoms with E-state index in [1.54, 1.807) is 0 Å². The second-order valence-electron chi connectivity index (χ2n) is 6.25. The summed E-state index contributed by atoms with van der Waals surface area (Å²) >= 11 is 3.28. The fourth-order valence-electron chi connectivity index (χ4n) is 2.13. The summed E-state index contributed by atoms with van der Waals surface area (Å²) < 4.78 is 1.03. The van der Waals surface area contributed by atoms with Crippen molar-refractivity contribution in [1.82, 2.24) is 0 Å². The molecule has 0 spiro atoms. The van der Waals surface area contributed by atoms with Crippen LogP contribution in [-0.2, 0) is 0 Å². The Balaban J connectivity index is 0.000000135. The molecule has 0 bridgehead atoms. The first-order valence-corrected chi connectivity index (χ1v) is 8.97. The maximum absolute atomic E-state index is 8.25. The van der Waals surface area contributed by atoms with E-state index in [1.807, 2.05) is 36.4 Å². The predicted octanol–water partition coefficient (Wildman–Crippen LogP) is 3.80. The SMILES string of the molecule is Nc1cccc(Br)c1.Nc1cccc(C2CC2)c1.OB(O)C1CC1. The maximum atomic E-state index is 8.25. The number of halogens is 1. The molecule has 0 atom stereocenters. The quantitative estimate of drug-likeness (QED) is 0.463. The van der Waals surface area contributed by atoms with Crippen molar-refractivity contribution in [2.45, 2.75) is 37.4 Å². The number of hydrogen-bond donors (Lipinski definition) is 4. The zero-order valence-corrected chi connectivity index (χ0v) is 15.2. The summed E-state index contributed by atoms with van der Waals surface area (Å²) in [7, 11) is -1.04. The molecule has 128 valence electrons. The van der Waals surface area contributed by atoms with Crippen LogP contribution >= 0.6 is 15.9 Å². The van der Waals surface area contributed by atoms with Crippen LogP contribution in [0.5, 0.6) is 0 Å². The van der Waals surface area contributed by atoms with Crippen molar-refractivity contribution < 1.29 is 10.0 Å². The molecule has 2 saturated carbocycles. The Morgan fingerprint density at radius 1 is 0.875 bits per heavy atom. The summed E-state index contributed by atoms with van der Waals surface area (Å²) in [6, 6.07) is 15.8. The Hall–Kier alpha value is -1.50. The minimum absolute atomic E-state index is 0.213. The summed E-state index contributed by atoms with van der Waals surface area (Å²) in [6.45, 7) is 0. The van der Waals surface area contributed by atoms with Crippen LogP contribution in [0, 0.1) is 0 Å². The van der Waals surface area contributed by atoms with Crippen LogP contribution < -0.4 is 11.5 Å². The summed E-state index contributed by atoms with van der Waals surface area (Å²) in [4.78, 5) is 0. The van der Waals surface area contributed by atoms with Crippen LogP contribution in [0.1, 0.15) is 37.2 Å². The minimum atomic E-state index is -1.04. The monoisotopic (exact) mass is 390 g/mol. The molecular weight excluding hydrogens is 367 g/mol. The zero-order chi connectivity index (χ0) is 17.5. The highest BCUT2D eigenvalue weighted by Gasteiger charge is 2.33. The van der Waals surface area contributed by atoms with Crippen molar-refractivity contribution in [2.24, 2.45) is 0 Å². The first-order valence-electron chi connectivity index (χ1n) is 8.18. The third kappa shape index (κ3) is 7.38. The molecule has 6 heteroatoms. The molecule has 2 aromatic rings. The molecule has 2 aromatic carbocycles.